The number of methoxy groups -OCH3 is 1. The summed E-state index contributed by atoms with van der Waals surface area (Å²) in [6, 6.07) is 15.9. The van der Waals surface area contributed by atoms with Gasteiger partial charge < -0.3 is 9.64 Å². The molecular formula is C25H30N4O2. The van der Waals surface area contributed by atoms with Crippen LogP contribution in [0.4, 0.5) is 0 Å². The molecule has 0 atom stereocenters. The minimum absolute atomic E-state index is 0.0836. The summed E-state index contributed by atoms with van der Waals surface area (Å²) in [6.07, 6.45) is 0. The number of amides is 1. The Morgan fingerprint density at radius 3 is 2.35 bits per heavy atom. The van der Waals surface area contributed by atoms with E-state index < -0.39 is 0 Å². The summed E-state index contributed by atoms with van der Waals surface area (Å²) >= 11 is 0. The van der Waals surface area contributed by atoms with Crippen LogP contribution in [0.25, 0.3) is 5.69 Å². The van der Waals surface area contributed by atoms with Gasteiger partial charge in [-0.1, -0.05) is 24.3 Å². The lowest BCUT2D eigenvalue weighted by Crippen LogP contribution is -2.48. The summed E-state index contributed by atoms with van der Waals surface area (Å²) in [5.74, 6) is 0.839. The molecule has 0 saturated carbocycles. The summed E-state index contributed by atoms with van der Waals surface area (Å²) < 4.78 is 7.40. The number of carbonyl (C=O) groups excluding carboxylic acids is 1. The van der Waals surface area contributed by atoms with Gasteiger partial charge in [-0.2, -0.15) is 5.10 Å². The number of rotatable bonds is 5. The number of piperazine rings is 1. The van der Waals surface area contributed by atoms with E-state index in [9.17, 15) is 4.79 Å². The van der Waals surface area contributed by atoms with Gasteiger partial charge in [0.15, 0.2) is 0 Å². The fourth-order valence-corrected chi connectivity index (χ4v) is 4.29. The van der Waals surface area contributed by atoms with E-state index >= 15 is 0 Å². The van der Waals surface area contributed by atoms with Gasteiger partial charge in [-0.25, -0.2) is 4.68 Å². The molecule has 6 nitrogen and oxygen atoms in total. The van der Waals surface area contributed by atoms with E-state index in [0.717, 1.165) is 61.0 Å². The van der Waals surface area contributed by atoms with Crippen molar-refractivity contribution in [3.63, 3.8) is 0 Å². The number of benzene rings is 2. The molecule has 1 aliphatic heterocycles. The van der Waals surface area contributed by atoms with Gasteiger partial charge in [-0.15, -0.1) is 0 Å². The Hall–Kier alpha value is -3.12. The number of aryl methyl sites for hydroxylation is 1. The van der Waals surface area contributed by atoms with Gasteiger partial charge in [0, 0.05) is 55.1 Å². The Bertz CT molecular complexity index is 1070. The number of ether oxygens (including phenoxy) is 1. The van der Waals surface area contributed by atoms with Crippen LogP contribution in [0.15, 0.2) is 48.5 Å². The molecule has 6 heteroatoms. The second-order valence-electron chi connectivity index (χ2n) is 8.10. The summed E-state index contributed by atoms with van der Waals surface area (Å²) in [5, 5.41) is 4.77. The minimum Gasteiger partial charge on any atom is -0.496 e. The highest BCUT2D eigenvalue weighted by Crippen LogP contribution is 2.24. The second-order valence-corrected chi connectivity index (χ2v) is 8.10. The first kappa shape index (κ1) is 21.1. The number of aromatic nitrogens is 2. The highest BCUT2D eigenvalue weighted by atomic mass is 16.5. The lowest BCUT2D eigenvalue weighted by molar-refractivity contribution is 0.0627. The maximum atomic E-state index is 13.1. The third-order valence-corrected chi connectivity index (χ3v) is 6.22. The van der Waals surface area contributed by atoms with Crippen LogP contribution in [-0.2, 0) is 6.54 Å². The maximum Gasteiger partial charge on any atom is 0.254 e. The van der Waals surface area contributed by atoms with E-state index in [4.69, 9.17) is 9.84 Å². The second kappa shape index (κ2) is 8.94. The zero-order valence-corrected chi connectivity index (χ0v) is 18.8. The molecule has 1 fully saturated rings. The van der Waals surface area contributed by atoms with E-state index in [-0.39, 0.29) is 5.91 Å². The van der Waals surface area contributed by atoms with Crippen molar-refractivity contribution in [3.05, 3.63) is 76.6 Å². The van der Waals surface area contributed by atoms with E-state index in [0.29, 0.717) is 0 Å². The average Bonchev–Trinajstić information content (AvgIpc) is 3.08. The van der Waals surface area contributed by atoms with Crippen LogP contribution in [0.2, 0.25) is 0 Å². The number of hydrogen-bond donors (Lipinski definition) is 0. The van der Waals surface area contributed by atoms with Crippen molar-refractivity contribution >= 4 is 5.91 Å². The third kappa shape index (κ3) is 4.21. The van der Waals surface area contributed by atoms with Crippen LogP contribution in [0.3, 0.4) is 0 Å². The highest BCUT2D eigenvalue weighted by Gasteiger charge is 2.25. The first-order chi connectivity index (χ1) is 15.0. The molecule has 0 aliphatic carbocycles. The quantitative estimate of drug-likeness (QED) is 0.633. The lowest BCUT2D eigenvalue weighted by Gasteiger charge is -2.35. The minimum atomic E-state index is 0.0836. The smallest absolute Gasteiger partial charge is 0.254 e. The molecule has 0 unspecified atom stereocenters. The van der Waals surface area contributed by atoms with Crippen molar-refractivity contribution in [2.45, 2.75) is 27.3 Å². The normalized spacial score (nSPS) is 14.6. The molecule has 1 saturated heterocycles. The topological polar surface area (TPSA) is 50.6 Å². The lowest BCUT2D eigenvalue weighted by atomic mass is 10.1. The molecule has 1 aromatic heterocycles. The van der Waals surface area contributed by atoms with Crippen molar-refractivity contribution < 1.29 is 9.53 Å². The molecule has 0 spiro atoms. The largest absolute Gasteiger partial charge is 0.496 e. The molecule has 3 aromatic rings. The Kier molecular flexibility index (Phi) is 6.09. The van der Waals surface area contributed by atoms with Gasteiger partial charge in [0.1, 0.15) is 5.75 Å². The zero-order valence-electron chi connectivity index (χ0n) is 18.8. The molecule has 2 aromatic carbocycles. The van der Waals surface area contributed by atoms with Crippen molar-refractivity contribution in [2.24, 2.45) is 0 Å². The fraction of sp³-hybridized carbons (Fsp3) is 0.360. The fourth-order valence-electron chi connectivity index (χ4n) is 4.29. The van der Waals surface area contributed by atoms with Gasteiger partial charge in [-0.3, -0.25) is 9.69 Å². The number of para-hydroxylation sites is 1. The monoisotopic (exact) mass is 418 g/mol. The summed E-state index contributed by atoms with van der Waals surface area (Å²) in [7, 11) is 1.64. The van der Waals surface area contributed by atoms with E-state index in [1.807, 2.05) is 52.9 Å². The van der Waals surface area contributed by atoms with Crippen molar-refractivity contribution in [1.29, 1.82) is 0 Å². The first-order valence-corrected chi connectivity index (χ1v) is 10.8. The third-order valence-electron chi connectivity index (χ3n) is 6.22. The van der Waals surface area contributed by atoms with Gasteiger partial charge in [0.2, 0.25) is 0 Å². The van der Waals surface area contributed by atoms with Crippen LogP contribution >= 0.6 is 0 Å². The molecule has 31 heavy (non-hydrogen) atoms. The Balaban J connectivity index is 1.42. The number of carbonyl (C=O) groups is 1. The summed E-state index contributed by atoms with van der Waals surface area (Å²) in [5.41, 5.74) is 6.22. The Morgan fingerprint density at radius 2 is 1.68 bits per heavy atom. The predicted octanol–water partition coefficient (Wildman–Crippen LogP) is 3.76. The molecule has 0 radical (unpaired) electrons. The van der Waals surface area contributed by atoms with E-state index in [2.05, 4.69) is 30.9 Å². The number of nitrogens with zero attached hydrogens (tertiary/aromatic N) is 4. The predicted molar refractivity (Wildman–Crippen MR) is 122 cm³/mol. The molecule has 1 amide bonds. The van der Waals surface area contributed by atoms with Crippen LogP contribution in [0.5, 0.6) is 5.75 Å². The highest BCUT2D eigenvalue weighted by molar-refractivity contribution is 5.96. The van der Waals surface area contributed by atoms with E-state index in [1.165, 1.54) is 11.3 Å². The van der Waals surface area contributed by atoms with Crippen LogP contribution in [0, 0.1) is 20.8 Å². The molecule has 2 heterocycles. The molecule has 0 N–H and O–H groups in total. The first-order valence-electron chi connectivity index (χ1n) is 10.8. The van der Waals surface area contributed by atoms with E-state index in [1.54, 1.807) is 7.11 Å². The van der Waals surface area contributed by atoms with Gasteiger partial charge >= 0.3 is 0 Å². The van der Waals surface area contributed by atoms with Crippen molar-refractivity contribution in [1.82, 2.24) is 19.6 Å². The molecule has 162 valence electrons. The molecular weight excluding hydrogens is 388 g/mol. The van der Waals surface area contributed by atoms with Crippen molar-refractivity contribution in [3.8, 4) is 11.4 Å². The van der Waals surface area contributed by atoms with Crippen molar-refractivity contribution in [2.75, 3.05) is 33.3 Å². The average molecular weight is 419 g/mol. The van der Waals surface area contributed by atoms with Crippen LogP contribution in [0.1, 0.15) is 32.9 Å². The van der Waals surface area contributed by atoms with Gasteiger partial charge in [0.25, 0.3) is 5.91 Å². The maximum absolute atomic E-state index is 13.1. The molecule has 0 bridgehead atoms. The zero-order chi connectivity index (χ0) is 22.0. The molecule has 1 aliphatic rings. The SMILES string of the molecule is COc1cccc(C(=O)N2CCN(Cc3c(C)nn(-c4ccccc4)c3C)CC2)c1C. The summed E-state index contributed by atoms with van der Waals surface area (Å²) in [4.78, 5) is 17.4. The standard InChI is InChI=1S/C25H30N4O2/c1-18-22(11-8-12-24(18)31-4)25(30)28-15-13-27(14-16-28)17-23-19(2)26-29(20(23)3)21-9-6-5-7-10-21/h5-12H,13-17H2,1-4H3. The molecule has 4 rings (SSSR count). The van der Waals surface area contributed by atoms with Gasteiger partial charge in [0.05, 0.1) is 18.5 Å². The Morgan fingerprint density at radius 1 is 0.968 bits per heavy atom. The summed E-state index contributed by atoms with van der Waals surface area (Å²) in [6.45, 7) is 10.2. The number of hydrogen-bond acceptors (Lipinski definition) is 4. The van der Waals surface area contributed by atoms with Crippen LogP contribution < -0.4 is 4.74 Å². The Labute approximate surface area is 184 Å². The van der Waals surface area contributed by atoms with Gasteiger partial charge in [-0.05, 0) is 45.0 Å². The van der Waals surface area contributed by atoms with Crippen LogP contribution in [-0.4, -0.2) is 58.8 Å².